The van der Waals surface area contributed by atoms with Gasteiger partial charge in [-0.25, -0.2) is 14.8 Å². The number of aryl methyl sites for hydroxylation is 3. The molecule has 0 aromatic carbocycles. The van der Waals surface area contributed by atoms with Crippen LogP contribution in [0.15, 0.2) is 0 Å². The number of nitrogens with zero attached hydrogens (tertiary/aromatic N) is 2. The highest BCUT2D eigenvalue weighted by atomic mass is 32.1. The Morgan fingerprint density at radius 3 is 2.48 bits per heavy atom. The van der Waals surface area contributed by atoms with Gasteiger partial charge in [0, 0.05) is 11.1 Å². The van der Waals surface area contributed by atoms with Crippen molar-refractivity contribution in [3.05, 3.63) is 22.0 Å². The van der Waals surface area contributed by atoms with Crippen molar-refractivity contribution in [3.8, 4) is 0 Å². The van der Waals surface area contributed by atoms with E-state index >= 15 is 0 Å². The lowest BCUT2D eigenvalue weighted by Crippen LogP contribution is -2.52. The van der Waals surface area contributed by atoms with Gasteiger partial charge in [-0.2, -0.15) is 0 Å². The Kier molecular flexibility index (Phi) is 4.70. The molecule has 6 nitrogen and oxygen atoms in total. The molecule has 2 aromatic heterocycles. The second-order valence-corrected chi connectivity index (χ2v) is 6.93. The number of hydrogen-bond acceptors (Lipinski definition) is 5. The molecule has 1 amide bonds. The lowest BCUT2D eigenvalue weighted by Gasteiger charge is -2.25. The van der Waals surface area contributed by atoms with Crippen LogP contribution in [-0.2, 0) is 4.79 Å². The predicted octanol–water partition coefficient (Wildman–Crippen LogP) is 2.99. The van der Waals surface area contributed by atoms with E-state index in [1.807, 2.05) is 27.7 Å². The van der Waals surface area contributed by atoms with Gasteiger partial charge in [0.05, 0.1) is 4.88 Å². The van der Waals surface area contributed by atoms with Gasteiger partial charge < -0.3 is 10.4 Å². The quantitative estimate of drug-likeness (QED) is 0.876. The molecule has 2 aromatic rings. The predicted molar refractivity (Wildman–Crippen MR) is 90.0 cm³/mol. The summed E-state index contributed by atoms with van der Waals surface area (Å²) in [5, 5.41) is 13.0. The fourth-order valence-corrected chi connectivity index (χ4v) is 3.89. The zero-order valence-corrected chi connectivity index (χ0v) is 14.8. The van der Waals surface area contributed by atoms with Gasteiger partial charge >= 0.3 is 5.97 Å². The topological polar surface area (TPSA) is 92.2 Å². The highest BCUT2D eigenvalue weighted by Crippen LogP contribution is 2.31. The number of carboxylic acid groups (broad SMARTS) is 1. The molecule has 0 fully saturated rings. The summed E-state index contributed by atoms with van der Waals surface area (Å²) >= 11 is 1.27. The maximum atomic E-state index is 12.6. The molecule has 0 saturated carbocycles. The lowest BCUT2D eigenvalue weighted by molar-refractivity contribution is -0.144. The minimum atomic E-state index is -1.27. The Morgan fingerprint density at radius 2 is 1.91 bits per heavy atom. The number of fused-ring (bicyclic) bond motifs is 1. The summed E-state index contributed by atoms with van der Waals surface area (Å²) in [7, 11) is 0. The summed E-state index contributed by atoms with van der Waals surface area (Å²) in [4.78, 5) is 34.1. The number of carboxylic acids is 1. The van der Waals surface area contributed by atoms with Crippen LogP contribution in [0.5, 0.6) is 0 Å². The number of thiophene rings is 1. The Hall–Kier alpha value is -2.02. The molecule has 7 heteroatoms. The summed E-state index contributed by atoms with van der Waals surface area (Å²) in [6.07, 6.45) is 1.04. The van der Waals surface area contributed by atoms with Crippen LogP contribution < -0.4 is 5.32 Å². The van der Waals surface area contributed by atoms with Crippen molar-refractivity contribution in [2.45, 2.75) is 53.0 Å². The third-order valence-corrected chi connectivity index (χ3v) is 5.08. The molecule has 124 valence electrons. The highest BCUT2D eigenvalue weighted by Gasteiger charge is 2.35. The summed E-state index contributed by atoms with van der Waals surface area (Å²) in [6, 6.07) is 0. The standard InChI is InChI=1S/C16H21N3O3S/c1-6-7-16(5,15(21)22)19-13(20)12-8(2)11-9(3)17-10(4)18-14(11)23-12/h6-7H2,1-5H3,(H,19,20)(H,21,22)/t16-/m1/s1. The van der Waals surface area contributed by atoms with E-state index in [-0.39, 0.29) is 5.91 Å². The molecule has 2 N–H and O–H groups in total. The van der Waals surface area contributed by atoms with Crippen LogP contribution in [0.3, 0.4) is 0 Å². The summed E-state index contributed by atoms with van der Waals surface area (Å²) in [5.74, 6) is -0.747. The normalized spacial score (nSPS) is 13.8. The van der Waals surface area contributed by atoms with Crippen LogP contribution in [0.4, 0.5) is 0 Å². The Bertz CT molecular complexity index is 784. The Balaban J connectivity index is 2.44. The average Bonchev–Trinajstić information content (AvgIpc) is 2.75. The van der Waals surface area contributed by atoms with E-state index in [4.69, 9.17) is 0 Å². The molecule has 0 unspecified atom stereocenters. The lowest BCUT2D eigenvalue weighted by atomic mass is 9.96. The van der Waals surface area contributed by atoms with Crippen molar-refractivity contribution in [1.29, 1.82) is 0 Å². The summed E-state index contributed by atoms with van der Waals surface area (Å²) < 4.78 is 0. The van der Waals surface area contributed by atoms with Gasteiger partial charge in [0.15, 0.2) is 0 Å². The fourth-order valence-electron chi connectivity index (χ4n) is 2.72. The zero-order valence-electron chi connectivity index (χ0n) is 14.0. The van der Waals surface area contributed by atoms with E-state index in [1.165, 1.54) is 18.3 Å². The van der Waals surface area contributed by atoms with Crippen LogP contribution in [0.1, 0.15) is 53.4 Å². The first kappa shape index (κ1) is 17.3. The van der Waals surface area contributed by atoms with E-state index in [9.17, 15) is 14.7 Å². The monoisotopic (exact) mass is 335 g/mol. The van der Waals surface area contributed by atoms with Crippen LogP contribution in [0.25, 0.3) is 10.2 Å². The SMILES string of the molecule is CCC[C@@](C)(NC(=O)c1sc2nc(C)nc(C)c2c1C)C(=O)O. The van der Waals surface area contributed by atoms with Gasteiger partial charge in [0.1, 0.15) is 16.2 Å². The van der Waals surface area contributed by atoms with Crippen molar-refractivity contribution in [2.75, 3.05) is 0 Å². The molecule has 23 heavy (non-hydrogen) atoms. The smallest absolute Gasteiger partial charge is 0.329 e. The second kappa shape index (κ2) is 6.23. The van der Waals surface area contributed by atoms with Gasteiger partial charge in [-0.05, 0) is 39.7 Å². The Labute approximate surface area is 139 Å². The maximum absolute atomic E-state index is 12.6. The van der Waals surface area contributed by atoms with Crippen LogP contribution >= 0.6 is 11.3 Å². The molecule has 0 radical (unpaired) electrons. The largest absolute Gasteiger partial charge is 0.480 e. The molecule has 2 rings (SSSR count). The minimum absolute atomic E-state index is 0.371. The van der Waals surface area contributed by atoms with Crippen molar-refractivity contribution in [2.24, 2.45) is 0 Å². The summed E-state index contributed by atoms with van der Waals surface area (Å²) in [5.41, 5.74) is 0.351. The highest BCUT2D eigenvalue weighted by molar-refractivity contribution is 7.20. The van der Waals surface area contributed by atoms with Crippen molar-refractivity contribution >= 4 is 33.4 Å². The number of nitrogens with one attached hydrogen (secondary N) is 1. The molecule has 1 atom stereocenters. The maximum Gasteiger partial charge on any atom is 0.329 e. The van der Waals surface area contributed by atoms with Gasteiger partial charge in [-0.15, -0.1) is 11.3 Å². The Morgan fingerprint density at radius 1 is 1.26 bits per heavy atom. The molecule has 0 spiro atoms. The third kappa shape index (κ3) is 3.19. The number of hydrogen-bond donors (Lipinski definition) is 2. The first-order chi connectivity index (χ1) is 10.7. The van der Waals surface area contributed by atoms with Crippen molar-refractivity contribution in [1.82, 2.24) is 15.3 Å². The summed E-state index contributed by atoms with van der Waals surface area (Å²) in [6.45, 7) is 8.96. The molecule has 0 saturated heterocycles. The van der Waals surface area contributed by atoms with Crippen molar-refractivity contribution < 1.29 is 14.7 Å². The fraction of sp³-hybridized carbons (Fsp3) is 0.500. The van der Waals surface area contributed by atoms with E-state index < -0.39 is 11.5 Å². The number of carbonyl (C=O) groups is 2. The zero-order chi connectivity index (χ0) is 17.4. The van der Waals surface area contributed by atoms with Gasteiger partial charge in [0.25, 0.3) is 5.91 Å². The number of aliphatic carboxylic acids is 1. The minimum Gasteiger partial charge on any atom is -0.480 e. The van der Waals surface area contributed by atoms with Crippen molar-refractivity contribution in [3.63, 3.8) is 0 Å². The molecule has 0 bridgehead atoms. The van der Waals surface area contributed by atoms with E-state index in [1.54, 1.807) is 0 Å². The second-order valence-electron chi connectivity index (χ2n) is 5.93. The number of aromatic nitrogens is 2. The molecule has 0 aliphatic heterocycles. The molecule has 0 aliphatic rings. The first-order valence-electron chi connectivity index (χ1n) is 7.50. The van der Waals surface area contributed by atoms with E-state index in [0.717, 1.165) is 21.5 Å². The first-order valence-corrected chi connectivity index (χ1v) is 8.31. The van der Waals surface area contributed by atoms with E-state index in [0.29, 0.717) is 23.5 Å². The number of amides is 1. The van der Waals surface area contributed by atoms with Crippen LogP contribution in [0.2, 0.25) is 0 Å². The third-order valence-electron chi connectivity index (χ3n) is 3.90. The molecule has 2 heterocycles. The van der Waals surface area contributed by atoms with Gasteiger partial charge in [-0.1, -0.05) is 13.3 Å². The average molecular weight is 335 g/mol. The molecular formula is C16H21N3O3S. The number of rotatable bonds is 5. The van der Waals surface area contributed by atoms with E-state index in [2.05, 4.69) is 15.3 Å². The molecule has 0 aliphatic carbocycles. The number of carbonyl (C=O) groups excluding carboxylic acids is 1. The van der Waals surface area contributed by atoms with Gasteiger partial charge in [0.2, 0.25) is 0 Å². The van der Waals surface area contributed by atoms with Gasteiger partial charge in [-0.3, -0.25) is 4.79 Å². The van der Waals surface area contributed by atoms with Crippen LogP contribution in [-0.4, -0.2) is 32.5 Å². The molecular weight excluding hydrogens is 314 g/mol. The van der Waals surface area contributed by atoms with Crippen LogP contribution in [0, 0.1) is 20.8 Å².